The Morgan fingerprint density at radius 3 is 2.37 bits per heavy atom. The molecule has 3 aliphatic carbocycles. The van der Waals surface area contributed by atoms with E-state index in [-0.39, 0.29) is 29.8 Å². The van der Waals surface area contributed by atoms with Gasteiger partial charge in [-0.1, -0.05) is 56.2 Å². The van der Waals surface area contributed by atoms with Crippen molar-refractivity contribution >= 4 is 18.1 Å². The summed E-state index contributed by atoms with van der Waals surface area (Å²) in [5, 5.41) is 0. The van der Waals surface area contributed by atoms with Crippen molar-refractivity contribution in [2.75, 3.05) is 20.8 Å². The van der Waals surface area contributed by atoms with E-state index in [9.17, 15) is 14.4 Å². The molecule has 0 aromatic carbocycles. The fourth-order valence-corrected chi connectivity index (χ4v) is 9.84. The molecular weight excluding hydrogens is 548 g/mol. The van der Waals surface area contributed by atoms with E-state index in [2.05, 4.69) is 53.3 Å². The van der Waals surface area contributed by atoms with Crippen molar-refractivity contribution in [1.29, 1.82) is 0 Å². The van der Waals surface area contributed by atoms with E-state index >= 15 is 0 Å². The lowest BCUT2D eigenvalue weighted by atomic mass is 9.40. The molecule has 240 valence electrons. The number of hydrogen-bond donors (Lipinski definition) is 0. The van der Waals surface area contributed by atoms with E-state index in [4.69, 9.17) is 23.7 Å². The monoisotopic (exact) mass is 600 g/mol. The summed E-state index contributed by atoms with van der Waals surface area (Å²) in [5.41, 5.74) is 2.07. The van der Waals surface area contributed by atoms with Crippen LogP contribution >= 0.6 is 0 Å². The first-order valence-corrected chi connectivity index (χ1v) is 15.7. The summed E-state index contributed by atoms with van der Waals surface area (Å²) in [7, 11) is 2.68. The molecule has 4 aliphatic rings. The number of allylic oxidation sites excluding steroid dienone is 3. The third kappa shape index (κ3) is 5.81. The van der Waals surface area contributed by atoms with Crippen LogP contribution in [0.5, 0.6) is 0 Å². The third-order valence-corrected chi connectivity index (χ3v) is 11.6. The van der Waals surface area contributed by atoms with Gasteiger partial charge in [0, 0.05) is 17.8 Å². The van der Waals surface area contributed by atoms with Crippen molar-refractivity contribution < 1.29 is 38.1 Å². The molecule has 0 spiro atoms. The van der Waals surface area contributed by atoms with Gasteiger partial charge in [0.05, 0.1) is 33.4 Å². The van der Waals surface area contributed by atoms with Crippen LogP contribution in [-0.2, 0) is 33.3 Å². The highest BCUT2D eigenvalue weighted by molar-refractivity contribution is 5.71. The Balaban J connectivity index is 1.81. The Morgan fingerprint density at radius 2 is 1.79 bits per heavy atom. The zero-order valence-electron chi connectivity index (χ0n) is 27.6. The number of carbonyl (C=O) groups excluding carboxylic acids is 3. The van der Waals surface area contributed by atoms with Crippen LogP contribution in [0.15, 0.2) is 35.5 Å². The third-order valence-electron chi connectivity index (χ3n) is 11.6. The van der Waals surface area contributed by atoms with Crippen molar-refractivity contribution in [2.24, 2.45) is 39.9 Å². The normalized spacial score (nSPS) is 39.0. The Kier molecular flexibility index (Phi) is 9.61. The standard InChI is InChI=1S/C35H52O8/c1-20(2)15-24-16-23(19-41-24)25-11-12-27-33(25,6)14-13-28-34(7,30(42-22(5)36)18-31(37)39-9)26(21(3)4)17-29(35(27,28)8)43-32(38)40-10/h12,15,23-26,28-30H,3,11,13-14,16-19H2,1-2,4-10H3/t23-,24-,25+,26?,28-,29-,30+,33+,34+,35+/m1/s1. The minimum Gasteiger partial charge on any atom is -0.469 e. The summed E-state index contributed by atoms with van der Waals surface area (Å²) in [6.45, 7) is 19.4. The Hall–Kier alpha value is -2.61. The molecule has 0 radical (unpaired) electrons. The zero-order chi connectivity index (χ0) is 31.9. The molecule has 4 rings (SSSR count). The maximum Gasteiger partial charge on any atom is 0.508 e. The van der Waals surface area contributed by atoms with Crippen LogP contribution in [-0.4, -0.2) is 57.2 Å². The highest BCUT2D eigenvalue weighted by Gasteiger charge is 2.69. The smallest absolute Gasteiger partial charge is 0.469 e. The minimum absolute atomic E-state index is 0.0600. The number of ether oxygens (including phenoxy) is 5. The van der Waals surface area contributed by atoms with Crippen LogP contribution in [0.2, 0.25) is 0 Å². The Bertz CT molecular complexity index is 1180. The molecule has 0 N–H and O–H groups in total. The summed E-state index contributed by atoms with van der Waals surface area (Å²) < 4.78 is 28.5. The van der Waals surface area contributed by atoms with Gasteiger partial charge in [0.1, 0.15) is 12.2 Å². The lowest BCUT2D eigenvalue weighted by molar-refractivity contribution is -0.200. The van der Waals surface area contributed by atoms with Gasteiger partial charge in [-0.15, -0.1) is 0 Å². The van der Waals surface area contributed by atoms with Gasteiger partial charge in [-0.05, 0) is 82.0 Å². The summed E-state index contributed by atoms with van der Waals surface area (Å²) >= 11 is 0. The SMILES string of the molecule is C=C(C)C1C[C@@H](OC(=O)OC)[C@@]2(C)C3=CC[C@@H]([C@H]4CO[C@H](C=C(C)C)C4)[C@]3(C)CC[C@@H]2[C@@]1(C)[C@H](CC(=O)OC)OC(C)=O. The molecular formula is C35H52O8. The first-order chi connectivity index (χ1) is 20.1. The minimum atomic E-state index is -0.738. The second-order valence-corrected chi connectivity index (χ2v) is 14.3. The maximum absolute atomic E-state index is 12.7. The average molecular weight is 601 g/mol. The van der Waals surface area contributed by atoms with Gasteiger partial charge in [0.2, 0.25) is 0 Å². The average Bonchev–Trinajstić information content (AvgIpc) is 3.52. The van der Waals surface area contributed by atoms with Crippen LogP contribution in [0.25, 0.3) is 0 Å². The van der Waals surface area contributed by atoms with E-state index in [0.717, 1.165) is 37.9 Å². The summed E-state index contributed by atoms with van der Waals surface area (Å²) in [4.78, 5) is 37.9. The van der Waals surface area contributed by atoms with Crippen LogP contribution in [0.1, 0.15) is 87.0 Å². The number of esters is 2. The van der Waals surface area contributed by atoms with Gasteiger partial charge in [-0.2, -0.15) is 0 Å². The molecule has 0 amide bonds. The number of hydrogen-bond acceptors (Lipinski definition) is 8. The molecule has 8 nitrogen and oxygen atoms in total. The van der Waals surface area contributed by atoms with Crippen molar-refractivity contribution in [2.45, 2.75) is 105 Å². The van der Waals surface area contributed by atoms with Crippen molar-refractivity contribution in [3.8, 4) is 0 Å². The summed E-state index contributed by atoms with van der Waals surface area (Å²) in [5.74, 6) is -0.335. The lowest BCUT2D eigenvalue weighted by Gasteiger charge is -2.65. The number of fused-ring (bicyclic) bond motifs is 3. The number of methoxy groups -OCH3 is 2. The van der Waals surface area contributed by atoms with Crippen LogP contribution in [0.3, 0.4) is 0 Å². The molecule has 1 aliphatic heterocycles. The van der Waals surface area contributed by atoms with Crippen molar-refractivity contribution in [3.63, 3.8) is 0 Å². The summed E-state index contributed by atoms with van der Waals surface area (Å²) in [6.07, 6.45) is 6.91. The van der Waals surface area contributed by atoms with E-state index in [1.54, 1.807) is 0 Å². The van der Waals surface area contributed by atoms with Crippen molar-refractivity contribution in [1.82, 2.24) is 0 Å². The molecule has 8 heteroatoms. The topological polar surface area (TPSA) is 97.4 Å². The van der Waals surface area contributed by atoms with E-state index in [0.29, 0.717) is 18.3 Å². The first kappa shape index (κ1) is 33.3. The quantitative estimate of drug-likeness (QED) is 0.167. The molecule has 3 fully saturated rings. The van der Waals surface area contributed by atoms with Crippen molar-refractivity contribution in [3.05, 3.63) is 35.5 Å². The predicted molar refractivity (Wildman–Crippen MR) is 163 cm³/mol. The predicted octanol–water partition coefficient (Wildman–Crippen LogP) is 6.98. The zero-order valence-corrected chi connectivity index (χ0v) is 27.6. The fourth-order valence-electron chi connectivity index (χ4n) is 9.84. The number of carbonyl (C=O) groups is 3. The molecule has 0 aromatic rings. The molecule has 1 heterocycles. The summed E-state index contributed by atoms with van der Waals surface area (Å²) in [6, 6.07) is 0. The van der Waals surface area contributed by atoms with Crippen LogP contribution < -0.4 is 0 Å². The molecule has 0 bridgehead atoms. The molecule has 43 heavy (non-hydrogen) atoms. The highest BCUT2D eigenvalue weighted by Crippen LogP contribution is 2.72. The Morgan fingerprint density at radius 1 is 1.09 bits per heavy atom. The lowest BCUT2D eigenvalue weighted by Crippen LogP contribution is -2.65. The van der Waals surface area contributed by atoms with Gasteiger partial charge < -0.3 is 23.7 Å². The highest BCUT2D eigenvalue weighted by atomic mass is 16.7. The second-order valence-electron chi connectivity index (χ2n) is 14.3. The fraction of sp³-hybridized carbons (Fsp3) is 0.743. The molecule has 1 unspecified atom stereocenters. The molecule has 1 saturated heterocycles. The van der Waals surface area contributed by atoms with Crippen LogP contribution in [0.4, 0.5) is 4.79 Å². The van der Waals surface area contributed by atoms with E-state index in [1.807, 2.05) is 6.92 Å². The Labute approximate surface area is 257 Å². The first-order valence-electron chi connectivity index (χ1n) is 15.7. The number of rotatable bonds is 8. The largest absolute Gasteiger partial charge is 0.508 e. The van der Waals surface area contributed by atoms with Gasteiger partial charge in [0.15, 0.2) is 0 Å². The van der Waals surface area contributed by atoms with E-state index in [1.165, 1.54) is 32.3 Å². The molecule has 2 saturated carbocycles. The van der Waals surface area contributed by atoms with Gasteiger partial charge in [-0.25, -0.2) is 4.79 Å². The van der Waals surface area contributed by atoms with Gasteiger partial charge >= 0.3 is 18.1 Å². The van der Waals surface area contributed by atoms with E-state index < -0.39 is 41.1 Å². The van der Waals surface area contributed by atoms with Gasteiger partial charge in [-0.3, -0.25) is 9.59 Å². The van der Waals surface area contributed by atoms with Crippen LogP contribution in [0, 0.1) is 39.9 Å². The molecule has 10 atom stereocenters. The molecule has 0 aromatic heterocycles. The maximum atomic E-state index is 12.7. The van der Waals surface area contributed by atoms with Gasteiger partial charge in [0.25, 0.3) is 0 Å². The second kappa shape index (κ2) is 12.4.